The molecule has 1 atom stereocenters. The van der Waals surface area contributed by atoms with E-state index in [4.69, 9.17) is 5.73 Å². The lowest BCUT2D eigenvalue weighted by atomic mass is 9.97. The van der Waals surface area contributed by atoms with Crippen LogP contribution in [-0.4, -0.2) is 43.0 Å². The van der Waals surface area contributed by atoms with Crippen LogP contribution in [0.25, 0.3) is 0 Å². The molecule has 2 heterocycles. The smallest absolute Gasteiger partial charge is 0.222 e. The first-order chi connectivity index (χ1) is 11.7. The largest absolute Gasteiger partial charge is 0.369 e. The van der Waals surface area contributed by atoms with Gasteiger partial charge in [-0.1, -0.05) is 6.07 Å². The SMILES string of the molecule is CCNC(=NCc1cccnc1N1CCCC(C(N)=O)C1)NCC.I. The molecule has 7 nitrogen and oxygen atoms in total. The van der Waals surface area contributed by atoms with E-state index in [0.29, 0.717) is 13.1 Å². The fraction of sp³-hybridized carbons (Fsp3) is 0.588. The van der Waals surface area contributed by atoms with E-state index in [9.17, 15) is 4.79 Å². The molecule has 8 heteroatoms. The summed E-state index contributed by atoms with van der Waals surface area (Å²) in [7, 11) is 0. The summed E-state index contributed by atoms with van der Waals surface area (Å²) in [4.78, 5) is 22.8. The number of guanidine groups is 1. The summed E-state index contributed by atoms with van der Waals surface area (Å²) in [6, 6.07) is 3.96. The Labute approximate surface area is 166 Å². The first-order valence-corrected chi connectivity index (χ1v) is 8.66. The van der Waals surface area contributed by atoms with Crippen molar-refractivity contribution in [2.45, 2.75) is 33.2 Å². The molecule has 25 heavy (non-hydrogen) atoms. The number of carbonyl (C=O) groups excluding carboxylic acids is 1. The van der Waals surface area contributed by atoms with Crippen LogP contribution in [0.4, 0.5) is 5.82 Å². The number of piperidine rings is 1. The fourth-order valence-electron chi connectivity index (χ4n) is 2.91. The van der Waals surface area contributed by atoms with Gasteiger partial charge in [0.05, 0.1) is 12.5 Å². The fourth-order valence-corrected chi connectivity index (χ4v) is 2.91. The quantitative estimate of drug-likeness (QED) is 0.340. The van der Waals surface area contributed by atoms with E-state index in [2.05, 4.69) is 25.5 Å². The molecule has 0 radical (unpaired) electrons. The molecule has 140 valence electrons. The van der Waals surface area contributed by atoms with Crippen molar-refractivity contribution in [3.8, 4) is 0 Å². The molecule has 0 aliphatic carbocycles. The number of carbonyl (C=O) groups is 1. The summed E-state index contributed by atoms with van der Waals surface area (Å²) < 4.78 is 0. The first kappa shape index (κ1) is 21.5. The predicted octanol–water partition coefficient (Wildman–Crippen LogP) is 1.48. The van der Waals surface area contributed by atoms with Gasteiger partial charge in [-0.05, 0) is 32.8 Å². The summed E-state index contributed by atoms with van der Waals surface area (Å²) >= 11 is 0. The van der Waals surface area contributed by atoms with Crippen LogP contribution in [0.3, 0.4) is 0 Å². The van der Waals surface area contributed by atoms with Crippen LogP contribution in [0.5, 0.6) is 0 Å². The van der Waals surface area contributed by atoms with E-state index in [0.717, 1.165) is 49.8 Å². The maximum Gasteiger partial charge on any atom is 0.222 e. The van der Waals surface area contributed by atoms with E-state index >= 15 is 0 Å². The minimum Gasteiger partial charge on any atom is -0.369 e. The highest BCUT2D eigenvalue weighted by Gasteiger charge is 2.25. The van der Waals surface area contributed by atoms with Gasteiger partial charge in [0.2, 0.25) is 5.91 Å². The molecule has 1 aliphatic rings. The van der Waals surface area contributed by atoms with Crippen LogP contribution in [0.1, 0.15) is 32.3 Å². The molecule has 1 saturated heterocycles. The van der Waals surface area contributed by atoms with Crippen molar-refractivity contribution < 1.29 is 4.79 Å². The molecule has 0 saturated carbocycles. The average molecular weight is 460 g/mol. The molecule has 1 fully saturated rings. The van der Waals surface area contributed by atoms with Crippen molar-refractivity contribution >= 4 is 41.7 Å². The molecule has 0 aromatic carbocycles. The van der Waals surface area contributed by atoms with E-state index < -0.39 is 0 Å². The molecule has 1 aromatic heterocycles. The van der Waals surface area contributed by atoms with Gasteiger partial charge in [-0.2, -0.15) is 0 Å². The Balaban J connectivity index is 0.00000312. The molecular formula is C17H29IN6O. The minimum absolute atomic E-state index is 0. The summed E-state index contributed by atoms with van der Waals surface area (Å²) in [5, 5.41) is 6.44. The number of anilines is 1. The van der Waals surface area contributed by atoms with Crippen LogP contribution in [0.2, 0.25) is 0 Å². The number of amides is 1. The van der Waals surface area contributed by atoms with Crippen molar-refractivity contribution in [3.63, 3.8) is 0 Å². The predicted molar refractivity (Wildman–Crippen MR) is 112 cm³/mol. The van der Waals surface area contributed by atoms with E-state index in [1.807, 2.05) is 26.0 Å². The standard InChI is InChI=1S/C17H28N6O.HI/c1-3-19-17(20-4-2)22-11-13-7-5-9-21-16(13)23-10-6-8-14(12-23)15(18)24;/h5,7,9,14H,3-4,6,8,10-12H2,1-2H3,(H2,18,24)(H2,19,20,22);1H. The minimum atomic E-state index is -0.225. The van der Waals surface area contributed by atoms with Gasteiger partial charge in [-0.15, -0.1) is 24.0 Å². The zero-order valence-electron chi connectivity index (χ0n) is 15.0. The number of hydrogen-bond acceptors (Lipinski definition) is 4. The second-order valence-corrected chi connectivity index (χ2v) is 5.90. The number of primary amides is 1. The summed E-state index contributed by atoms with van der Waals surface area (Å²) in [5.41, 5.74) is 6.54. The summed E-state index contributed by atoms with van der Waals surface area (Å²) in [6.45, 7) is 7.79. The third-order valence-electron chi connectivity index (χ3n) is 4.09. The van der Waals surface area contributed by atoms with Gasteiger partial charge in [-0.25, -0.2) is 9.98 Å². The Kier molecular flexibility index (Phi) is 9.54. The number of aliphatic imine (C=N–C) groups is 1. The molecule has 2 rings (SSSR count). The van der Waals surface area contributed by atoms with E-state index in [1.54, 1.807) is 6.20 Å². The summed E-state index contributed by atoms with van der Waals surface area (Å²) in [5.74, 6) is 1.37. The zero-order chi connectivity index (χ0) is 17.4. The van der Waals surface area contributed by atoms with Crippen molar-refractivity contribution in [1.82, 2.24) is 15.6 Å². The Hall–Kier alpha value is -1.58. The van der Waals surface area contributed by atoms with Gasteiger partial charge in [0, 0.05) is 37.9 Å². The Bertz CT molecular complexity index is 572. The summed E-state index contributed by atoms with van der Waals surface area (Å²) in [6.07, 6.45) is 3.59. The van der Waals surface area contributed by atoms with Gasteiger partial charge in [0.25, 0.3) is 0 Å². The number of halogens is 1. The highest BCUT2D eigenvalue weighted by Crippen LogP contribution is 2.24. The number of nitrogens with zero attached hydrogens (tertiary/aromatic N) is 3. The van der Waals surface area contributed by atoms with Gasteiger partial charge in [0.15, 0.2) is 5.96 Å². The van der Waals surface area contributed by atoms with Gasteiger partial charge in [0.1, 0.15) is 5.82 Å². The molecular weight excluding hydrogens is 431 g/mol. The Morgan fingerprint density at radius 2 is 2.12 bits per heavy atom. The highest BCUT2D eigenvalue weighted by molar-refractivity contribution is 14.0. The molecule has 1 aromatic rings. The third-order valence-corrected chi connectivity index (χ3v) is 4.09. The van der Waals surface area contributed by atoms with Gasteiger partial charge in [-0.3, -0.25) is 4.79 Å². The number of rotatable bonds is 6. The molecule has 1 unspecified atom stereocenters. The second kappa shape index (κ2) is 11.1. The average Bonchev–Trinajstić information content (AvgIpc) is 2.60. The van der Waals surface area contributed by atoms with E-state index in [1.165, 1.54) is 0 Å². The number of nitrogens with one attached hydrogen (secondary N) is 2. The lowest BCUT2D eigenvalue weighted by molar-refractivity contribution is -0.122. The van der Waals surface area contributed by atoms with Crippen molar-refractivity contribution in [3.05, 3.63) is 23.9 Å². The normalized spacial score (nSPS) is 16.6. The Morgan fingerprint density at radius 1 is 1.40 bits per heavy atom. The van der Waals surface area contributed by atoms with Crippen molar-refractivity contribution in [2.75, 3.05) is 31.1 Å². The molecule has 4 N–H and O–H groups in total. The van der Waals surface area contributed by atoms with Crippen LogP contribution in [-0.2, 0) is 11.3 Å². The number of aromatic nitrogens is 1. The topological polar surface area (TPSA) is 95.6 Å². The lowest BCUT2D eigenvalue weighted by Crippen LogP contribution is -2.42. The van der Waals surface area contributed by atoms with Crippen LogP contribution in [0, 0.1) is 5.92 Å². The van der Waals surface area contributed by atoms with Crippen molar-refractivity contribution in [1.29, 1.82) is 0 Å². The molecule has 1 amide bonds. The van der Waals surface area contributed by atoms with Crippen molar-refractivity contribution in [2.24, 2.45) is 16.6 Å². The lowest BCUT2D eigenvalue weighted by Gasteiger charge is -2.33. The maximum atomic E-state index is 11.5. The molecule has 1 aliphatic heterocycles. The monoisotopic (exact) mass is 460 g/mol. The third kappa shape index (κ3) is 6.33. The second-order valence-electron chi connectivity index (χ2n) is 5.90. The number of pyridine rings is 1. The number of nitrogens with two attached hydrogens (primary N) is 1. The number of hydrogen-bond donors (Lipinski definition) is 3. The molecule has 0 bridgehead atoms. The van der Waals surface area contributed by atoms with Gasteiger partial charge < -0.3 is 21.3 Å². The van der Waals surface area contributed by atoms with Crippen LogP contribution < -0.4 is 21.3 Å². The first-order valence-electron chi connectivity index (χ1n) is 8.66. The Morgan fingerprint density at radius 3 is 2.76 bits per heavy atom. The maximum absolute atomic E-state index is 11.5. The molecule has 0 spiro atoms. The van der Waals surface area contributed by atoms with Crippen LogP contribution in [0.15, 0.2) is 23.3 Å². The highest BCUT2D eigenvalue weighted by atomic mass is 127. The van der Waals surface area contributed by atoms with Crippen LogP contribution >= 0.6 is 24.0 Å². The zero-order valence-corrected chi connectivity index (χ0v) is 17.3. The van der Waals surface area contributed by atoms with E-state index in [-0.39, 0.29) is 35.8 Å². The van der Waals surface area contributed by atoms with Gasteiger partial charge >= 0.3 is 0 Å².